The number of aliphatic hydroxyl groups is 1. The Hall–Kier alpha value is -2.69. The monoisotopic (exact) mass is 581 g/mol. The van der Waals surface area contributed by atoms with E-state index in [1.165, 1.54) is 0 Å². The number of sulfonamides is 1. The van der Waals surface area contributed by atoms with E-state index in [-0.39, 0.29) is 22.9 Å². The van der Waals surface area contributed by atoms with Gasteiger partial charge in [-0.25, -0.2) is 18.1 Å². The van der Waals surface area contributed by atoms with Gasteiger partial charge in [0, 0.05) is 42.9 Å². The number of anilines is 2. The number of carbonyl (C=O) groups is 1. The summed E-state index contributed by atoms with van der Waals surface area (Å²) in [6, 6.07) is 13.0. The van der Waals surface area contributed by atoms with Gasteiger partial charge in [0.1, 0.15) is 11.5 Å². The summed E-state index contributed by atoms with van der Waals surface area (Å²) in [4.78, 5) is 22.9. The number of piperazine rings is 1. The number of carbonyl (C=O) groups excluding carboxylic acids is 1. The molecule has 2 aromatic rings. The second kappa shape index (κ2) is 10.2. The van der Waals surface area contributed by atoms with E-state index < -0.39 is 21.2 Å². The van der Waals surface area contributed by atoms with Crippen LogP contribution >= 0.6 is 0 Å². The van der Waals surface area contributed by atoms with E-state index in [1.807, 2.05) is 45.0 Å². The molecule has 1 amide bonds. The van der Waals surface area contributed by atoms with Crippen LogP contribution in [0.15, 0.2) is 47.4 Å². The van der Waals surface area contributed by atoms with Gasteiger partial charge in [-0.15, -0.1) is 0 Å². The minimum atomic E-state index is -3.58. The molecule has 5 aliphatic rings. The lowest BCUT2D eigenvalue weighted by atomic mass is 9.52. The Morgan fingerprint density at radius 1 is 1.02 bits per heavy atom. The fourth-order valence-electron chi connectivity index (χ4n) is 7.98. The Kier molecular flexibility index (Phi) is 7.10. The summed E-state index contributed by atoms with van der Waals surface area (Å²) < 4.78 is 28.0. The minimum absolute atomic E-state index is 0.123. The lowest BCUT2D eigenvalue weighted by Gasteiger charge is -2.58. The highest BCUT2D eigenvalue weighted by molar-refractivity contribution is 7.89. The summed E-state index contributed by atoms with van der Waals surface area (Å²) >= 11 is 0. The van der Waals surface area contributed by atoms with Crippen molar-refractivity contribution in [3.8, 4) is 0 Å². The molecular formula is C31H43N5O4S. The van der Waals surface area contributed by atoms with Crippen LogP contribution in [0.2, 0.25) is 0 Å². The van der Waals surface area contributed by atoms with Crippen LogP contribution in [0.1, 0.15) is 70.3 Å². The van der Waals surface area contributed by atoms with Crippen molar-refractivity contribution in [2.24, 2.45) is 17.8 Å². The van der Waals surface area contributed by atoms with Gasteiger partial charge in [-0.05, 0) is 114 Å². The van der Waals surface area contributed by atoms with Crippen LogP contribution in [0.25, 0.3) is 0 Å². The number of aromatic nitrogens is 1. The van der Waals surface area contributed by atoms with Crippen molar-refractivity contribution >= 4 is 27.4 Å². The molecule has 1 aromatic heterocycles. The summed E-state index contributed by atoms with van der Waals surface area (Å²) in [5.41, 5.74) is 0.350. The predicted octanol–water partition coefficient (Wildman–Crippen LogP) is 3.54. The molecule has 7 rings (SSSR count). The number of hydrogen-bond donors (Lipinski definition) is 3. The van der Waals surface area contributed by atoms with Crippen molar-refractivity contribution in [3.63, 3.8) is 0 Å². The molecule has 3 atom stereocenters. The van der Waals surface area contributed by atoms with Gasteiger partial charge in [-0.2, -0.15) is 0 Å². The van der Waals surface area contributed by atoms with E-state index in [1.54, 1.807) is 18.2 Å². The first kappa shape index (κ1) is 28.4. The highest BCUT2D eigenvalue weighted by Crippen LogP contribution is 2.55. The number of nitrogens with zero attached hydrogens (tertiary/aromatic N) is 3. The van der Waals surface area contributed by atoms with Crippen molar-refractivity contribution < 1.29 is 18.3 Å². The third-order valence-corrected chi connectivity index (χ3v) is 11.2. The largest absolute Gasteiger partial charge is 0.390 e. The maximum Gasteiger partial charge on any atom is 0.270 e. The summed E-state index contributed by atoms with van der Waals surface area (Å²) in [6.07, 6.45) is 4.73. The standard InChI is InChI=1S/C31H43N5O4S/c1-20-19-35(24-8-10-25(11-9-24)41(39,40)34-30(2,3)4)12-13-36(20)27-7-5-6-26(32-27)29(37)33-28-22-14-21-15-23(28)18-31(38,16-21)17-22/h5-11,20-23,28,34,38H,12-19H2,1-4H3,(H,33,37)/t20-,21?,22?,23?,28?,31?/m1/s1. The van der Waals surface area contributed by atoms with Crippen molar-refractivity contribution in [2.45, 2.75) is 87.9 Å². The zero-order chi connectivity index (χ0) is 29.2. The quantitative estimate of drug-likeness (QED) is 0.478. The lowest BCUT2D eigenvalue weighted by Crippen LogP contribution is -2.61. The van der Waals surface area contributed by atoms with Gasteiger partial charge in [-0.1, -0.05) is 6.07 Å². The Bertz CT molecular complexity index is 1390. The van der Waals surface area contributed by atoms with Gasteiger partial charge < -0.3 is 20.2 Å². The fraction of sp³-hybridized carbons (Fsp3) is 0.613. The molecule has 2 heterocycles. The minimum Gasteiger partial charge on any atom is -0.390 e. The average molecular weight is 582 g/mol. The molecule has 4 saturated carbocycles. The van der Waals surface area contributed by atoms with Crippen molar-refractivity contribution in [2.75, 3.05) is 29.4 Å². The molecule has 10 heteroatoms. The molecule has 1 aliphatic heterocycles. The molecular weight excluding hydrogens is 538 g/mol. The van der Waals surface area contributed by atoms with Gasteiger partial charge in [0.05, 0.1) is 10.5 Å². The smallest absolute Gasteiger partial charge is 0.270 e. The second-order valence-electron chi connectivity index (χ2n) is 13.9. The highest BCUT2D eigenvalue weighted by atomic mass is 32.2. The van der Waals surface area contributed by atoms with E-state index >= 15 is 0 Å². The fourth-order valence-corrected chi connectivity index (χ4v) is 9.40. The molecule has 0 radical (unpaired) electrons. The summed E-state index contributed by atoms with van der Waals surface area (Å²) in [5, 5.41) is 14.2. The molecule has 2 unspecified atom stereocenters. The van der Waals surface area contributed by atoms with E-state index in [0.29, 0.717) is 23.4 Å². The van der Waals surface area contributed by atoms with Gasteiger partial charge in [0.15, 0.2) is 0 Å². The zero-order valence-corrected chi connectivity index (χ0v) is 25.3. The summed E-state index contributed by atoms with van der Waals surface area (Å²) in [5.74, 6) is 1.98. The van der Waals surface area contributed by atoms with Crippen LogP contribution in [0.5, 0.6) is 0 Å². The van der Waals surface area contributed by atoms with Crippen LogP contribution in [0.3, 0.4) is 0 Å². The number of amides is 1. The van der Waals surface area contributed by atoms with E-state index in [0.717, 1.165) is 63.2 Å². The molecule has 1 saturated heterocycles. The predicted molar refractivity (Wildman–Crippen MR) is 160 cm³/mol. The van der Waals surface area contributed by atoms with Gasteiger partial charge in [0.2, 0.25) is 10.0 Å². The van der Waals surface area contributed by atoms with Crippen molar-refractivity contribution in [1.82, 2.24) is 15.0 Å². The topological polar surface area (TPSA) is 115 Å². The van der Waals surface area contributed by atoms with E-state index in [2.05, 4.69) is 26.8 Å². The van der Waals surface area contributed by atoms with Crippen LogP contribution < -0.4 is 19.8 Å². The zero-order valence-electron chi connectivity index (χ0n) is 24.5. The maximum atomic E-state index is 13.3. The summed E-state index contributed by atoms with van der Waals surface area (Å²) in [6.45, 7) is 9.86. The molecule has 41 heavy (non-hydrogen) atoms. The molecule has 222 valence electrons. The Morgan fingerprint density at radius 2 is 1.71 bits per heavy atom. The van der Waals surface area contributed by atoms with E-state index in [9.17, 15) is 18.3 Å². The Morgan fingerprint density at radius 3 is 2.32 bits per heavy atom. The lowest BCUT2D eigenvalue weighted by molar-refractivity contribution is -0.136. The molecule has 4 aliphatic carbocycles. The van der Waals surface area contributed by atoms with E-state index in [4.69, 9.17) is 4.98 Å². The number of rotatable bonds is 6. The van der Waals surface area contributed by atoms with Gasteiger partial charge in [0.25, 0.3) is 5.91 Å². The summed E-state index contributed by atoms with van der Waals surface area (Å²) in [7, 11) is -3.58. The first-order valence-corrected chi connectivity index (χ1v) is 16.4. The number of benzene rings is 1. The number of pyridine rings is 1. The third kappa shape index (κ3) is 5.83. The second-order valence-corrected chi connectivity index (χ2v) is 15.6. The van der Waals surface area contributed by atoms with Gasteiger partial charge >= 0.3 is 0 Å². The van der Waals surface area contributed by atoms with Crippen molar-refractivity contribution in [3.05, 3.63) is 48.2 Å². The van der Waals surface area contributed by atoms with Crippen molar-refractivity contribution in [1.29, 1.82) is 0 Å². The molecule has 5 fully saturated rings. The third-order valence-electron chi connectivity index (χ3n) is 9.38. The average Bonchev–Trinajstić information content (AvgIpc) is 2.88. The number of hydrogen-bond acceptors (Lipinski definition) is 7. The first-order chi connectivity index (χ1) is 19.3. The molecule has 3 N–H and O–H groups in total. The molecule has 9 nitrogen and oxygen atoms in total. The Balaban J connectivity index is 1.09. The van der Waals surface area contributed by atoms with Crippen LogP contribution in [-0.4, -0.2) is 67.3 Å². The molecule has 1 aromatic carbocycles. The highest BCUT2D eigenvalue weighted by Gasteiger charge is 2.55. The molecule has 4 bridgehead atoms. The van der Waals surface area contributed by atoms with Crippen LogP contribution in [0.4, 0.5) is 11.5 Å². The Labute approximate surface area is 243 Å². The molecule has 0 spiro atoms. The normalized spacial score (nSPS) is 31.4. The van der Waals surface area contributed by atoms with Crippen LogP contribution in [-0.2, 0) is 10.0 Å². The number of nitrogens with one attached hydrogen (secondary N) is 2. The first-order valence-electron chi connectivity index (χ1n) is 14.9. The van der Waals surface area contributed by atoms with Gasteiger partial charge in [-0.3, -0.25) is 4.79 Å². The maximum absolute atomic E-state index is 13.3. The SMILES string of the molecule is C[C@@H]1CN(c2ccc(S(=O)(=O)NC(C)(C)C)cc2)CCN1c1cccc(C(=O)NC2C3CC4CC2CC(O)(C4)C3)n1. The van der Waals surface area contributed by atoms with Crippen LogP contribution in [0, 0.1) is 17.8 Å².